The van der Waals surface area contributed by atoms with E-state index in [1.54, 1.807) is 54.6 Å². The molecule has 0 fully saturated rings. The minimum absolute atomic E-state index is 0.0376. The molecule has 2 amide bonds. The predicted octanol–water partition coefficient (Wildman–Crippen LogP) is 4.72. The molecule has 7 heteroatoms. The third kappa shape index (κ3) is 3.38. The maximum atomic E-state index is 13.6. The van der Waals surface area contributed by atoms with Crippen LogP contribution in [-0.2, 0) is 23.0 Å². The summed E-state index contributed by atoms with van der Waals surface area (Å²) in [6.45, 7) is 2.04. The number of sulfonamides is 1. The van der Waals surface area contributed by atoms with E-state index >= 15 is 0 Å². The molecule has 0 aliphatic carbocycles. The van der Waals surface area contributed by atoms with Crippen molar-refractivity contribution in [3.05, 3.63) is 89.7 Å². The summed E-state index contributed by atoms with van der Waals surface area (Å²) < 4.78 is 40.9. The van der Waals surface area contributed by atoms with Gasteiger partial charge in [-0.3, -0.25) is 4.90 Å². The van der Waals surface area contributed by atoms with Gasteiger partial charge in [-0.25, -0.2) is 17.6 Å². The number of para-hydroxylation sites is 1. The summed E-state index contributed by atoms with van der Waals surface area (Å²) >= 11 is 0. The molecule has 1 aliphatic rings. The number of hydrogen-bond donors (Lipinski definition) is 0. The van der Waals surface area contributed by atoms with E-state index in [0.29, 0.717) is 5.56 Å². The average Bonchev–Trinajstić information content (AvgIpc) is 2.72. The molecule has 3 aromatic rings. The number of fused-ring (bicyclic) bond motifs is 1. The third-order valence-electron chi connectivity index (χ3n) is 4.89. The molecule has 1 aliphatic heterocycles. The number of halogens is 1. The second-order valence-corrected chi connectivity index (χ2v) is 8.51. The Bertz CT molecular complexity index is 1180. The molecule has 29 heavy (non-hydrogen) atoms. The van der Waals surface area contributed by atoms with Crippen LogP contribution in [-0.4, -0.2) is 14.4 Å². The molecule has 4 rings (SSSR count). The van der Waals surface area contributed by atoms with Crippen LogP contribution in [0.3, 0.4) is 0 Å². The Hall–Kier alpha value is -3.19. The fourth-order valence-corrected chi connectivity index (χ4v) is 4.99. The highest BCUT2D eigenvalue weighted by molar-refractivity contribution is 7.94. The molecule has 0 saturated carbocycles. The molecule has 5 nitrogen and oxygen atoms in total. The molecule has 0 unspecified atom stereocenters. The first-order valence-electron chi connectivity index (χ1n) is 9.21. The standard InChI is InChI=1S/C22H19FN2O3S/c1-2-16-10-12-19(13-11-16)25-22(26)24(15-17-6-5-7-18(23)14-17)20-8-3-4-9-21(20)29(25,27)28/h3-14H,2,15H2,1H3. The molecule has 1 heterocycles. The van der Waals surface area contributed by atoms with Crippen LogP contribution in [0.5, 0.6) is 0 Å². The lowest BCUT2D eigenvalue weighted by molar-refractivity contribution is 0.253. The van der Waals surface area contributed by atoms with E-state index in [1.807, 2.05) is 6.92 Å². The zero-order valence-corrected chi connectivity index (χ0v) is 16.6. The molecule has 0 spiro atoms. The van der Waals surface area contributed by atoms with Gasteiger partial charge in [0.1, 0.15) is 10.7 Å². The van der Waals surface area contributed by atoms with Crippen molar-refractivity contribution < 1.29 is 17.6 Å². The van der Waals surface area contributed by atoms with E-state index in [9.17, 15) is 17.6 Å². The molecule has 0 N–H and O–H groups in total. The topological polar surface area (TPSA) is 57.7 Å². The van der Waals surface area contributed by atoms with Gasteiger partial charge >= 0.3 is 6.03 Å². The van der Waals surface area contributed by atoms with E-state index in [2.05, 4.69) is 0 Å². The van der Waals surface area contributed by atoms with Crippen LogP contribution in [0.4, 0.5) is 20.6 Å². The van der Waals surface area contributed by atoms with Crippen LogP contribution < -0.4 is 9.21 Å². The van der Waals surface area contributed by atoms with Crippen molar-refractivity contribution in [2.45, 2.75) is 24.8 Å². The van der Waals surface area contributed by atoms with Crippen molar-refractivity contribution in [1.29, 1.82) is 0 Å². The number of carbonyl (C=O) groups is 1. The highest BCUT2D eigenvalue weighted by atomic mass is 32.2. The normalized spacial score (nSPS) is 15.3. The fraction of sp³-hybridized carbons (Fsp3) is 0.136. The van der Waals surface area contributed by atoms with Gasteiger partial charge in [0.05, 0.1) is 17.9 Å². The third-order valence-corrected chi connectivity index (χ3v) is 6.64. The summed E-state index contributed by atoms with van der Waals surface area (Å²) in [5.41, 5.74) is 2.15. The van der Waals surface area contributed by atoms with Gasteiger partial charge in [-0.1, -0.05) is 43.3 Å². The lowest BCUT2D eigenvalue weighted by Crippen LogP contribution is -2.50. The molecule has 3 aromatic carbocycles. The quantitative estimate of drug-likeness (QED) is 0.625. The summed E-state index contributed by atoms with van der Waals surface area (Å²) in [6.07, 6.45) is 0.801. The molecule has 0 aromatic heterocycles. The minimum Gasteiger partial charge on any atom is -0.287 e. The molecule has 0 saturated heterocycles. The Morgan fingerprint density at radius 3 is 2.31 bits per heavy atom. The van der Waals surface area contributed by atoms with Crippen LogP contribution >= 0.6 is 0 Å². The first-order chi connectivity index (χ1) is 13.9. The van der Waals surface area contributed by atoms with Crippen LogP contribution in [0.25, 0.3) is 0 Å². The van der Waals surface area contributed by atoms with Crippen LogP contribution in [0.2, 0.25) is 0 Å². The van der Waals surface area contributed by atoms with E-state index in [1.165, 1.54) is 23.1 Å². The second-order valence-electron chi connectivity index (χ2n) is 6.76. The predicted molar refractivity (Wildman–Crippen MR) is 110 cm³/mol. The summed E-state index contributed by atoms with van der Waals surface area (Å²) in [5, 5.41) is 0. The number of hydrogen-bond acceptors (Lipinski definition) is 3. The van der Waals surface area contributed by atoms with Gasteiger partial charge in [-0.15, -0.1) is 0 Å². The van der Waals surface area contributed by atoms with Crippen LogP contribution in [0.1, 0.15) is 18.1 Å². The summed E-state index contributed by atoms with van der Waals surface area (Å²) in [4.78, 5) is 14.7. The Balaban J connectivity index is 1.84. The monoisotopic (exact) mass is 410 g/mol. The first-order valence-corrected chi connectivity index (χ1v) is 10.6. The van der Waals surface area contributed by atoms with E-state index in [0.717, 1.165) is 16.3 Å². The Labute approximate surface area is 169 Å². The van der Waals surface area contributed by atoms with Gasteiger partial charge in [0.25, 0.3) is 10.0 Å². The Morgan fingerprint density at radius 1 is 0.897 bits per heavy atom. The number of benzene rings is 3. The minimum atomic E-state index is -4.07. The molecule has 0 bridgehead atoms. The molecular weight excluding hydrogens is 391 g/mol. The Kier molecular flexibility index (Phi) is 4.84. The fourth-order valence-electron chi connectivity index (χ4n) is 3.40. The number of aryl methyl sites for hydroxylation is 1. The zero-order valence-electron chi connectivity index (χ0n) is 15.7. The lowest BCUT2D eigenvalue weighted by atomic mass is 10.1. The van der Waals surface area contributed by atoms with Crippen molar-refractivity contribution in [3.8, 4) is 0 Å². The zero-order chi connectivity index (χ0) is 20.6. The molecule has 0 atom stereocenters. The van der Waals surface area contributed by atoms with Gasteiger partial charge in [0.15, 0.2) is 0 Å². The summed E-state index contributed by atoms with van der Waals surface area (Å²) in [5.74, 6) is -0.417. The maximum absolute atomic E-state index is 13.6. The highest BCUT2D eigenvalue weighted by Crippen LogP contribution is 2.38. The van der Waals surface area contributed by atoms with Gasteiger partial charge in [0, 0.05) is 0 Å². The van der Waals surface area contributed by atoms with Crippen LogP contribution in [0, 0.1) is 5.82 Å². The number of rotatable bonds is 4. The van der Waals surface area contributed by atoms with Gasteiger partial charge < -0.3 is 0 Å². The number of carbonyl (C=O) groups excluding carboxylic acids is 1. The highest BCUT2D eigenvalue weighted by Gasteiger charge is 2.42. The van der Waals surface area contributed by atoms with Gasteiger partial charge in [-0.05, 0) is 53.9 Å². The first kappa shape index (κ1) is 19.1. The summed E-state index contributed by atoms with van der Waals surface area (Å²) in [6, 6.07) is 18.4. The smallest absolute Gasteiger partial charge is 0.287 e. The maximum Gasteiger partial charge on any atom is 0.343 e. The Morgan fingerprint density at radius 2 is 1.62 bits per heavy atom. The molecule has 0 radical (unpaired) electrons. The van der Waals surface area contributed by atoms with E-state index in [4.69, 9.17) is 0 Å². The van der Waals surface area contributed by atoms with E-state index in [-0.39, 0.29) is 22.8 Å². The van der Waals surface area contributed by atoms with Crippen molar-refractivity contribution >= 4 is 27.4 Å². The number of urea groups is 1. The largest absolute Gasteiger partial charge is 0.343 e. The van der Waals surface area contributed by atoms with Crippen LogP contribution in [0.15, 0.2) is 77.7 Å². The van der Waals surface area contributed by atoms with Crippen molar-refractivity contribution in [1.82, 2.24) is 0 Å². The van der Waals surface area contributed by atoms with Crippen molar-refractivity contribution in [2.24, 2.45) is 0 Å². The summed E-state index contributed by atoms with van der Waals surface area (Å²) in [7, 11) is -4.07. The molecular formula is C22H19FN2O3S. The molecule has 148 valence electrons. The SMILES string of the molecule is CCc1ccc(N2C(=O)N(Cc3cccc(F)c3)c3ccccc3S2(=O)=O)cc1. The number of amides is 2. The average molecular weight is 410 g/mol. The number of anilines is 2. The number of nitrogens with zero attached hydrogens (tertiary/aromatic N) is 2. The van der Waals surface area contributed by atoms with Gasteiger partial charge in [-0.2, -0.15) is 4.31 Å². The van der Waals surface area contributed by atoms with E-state index < -0.39 is 21.9 Å². The lowest BCUT2D eigenvalue weighted by Gasteiger charge is -2.36. The van der Waals surface area contributed by atoms with Crippen molar-refractivity contribution in [2.75, 3.05) is 9.21 Å². The second kappa shape index (κ2) is 7.33. The van der Waals surface area contributed by atoms with Crippen molar-refractivity contribution in [3.63, 3.8) is 0 Å². The van der Waals surface area contributed by atoms with Gasteiger partial charge in [0.2, 0.25) is 0 Å².